The first-order valence-electron chi connectivity index (χ1n) is 9.68. The number of hydrogen-bond donors (Lipinski definition) is 3. The van der Waals surface area contributed by atoms with Crippen molar-refractivity contribution >= 4 is 44.6 Å². The molecule has 3 aromatic rings. The number of anilines is 1. The lowest BCUT2D eigenvalue weighted by Crippen LogP contribution is -2.31. The fourth-order valence-corrected chi connectivity index (χ4v) is 5.09. The van der Waals surface area contributed by atoms with E-state index in [4.69, 9.17) is 4.55 Å². The molecule has 1 aromatic carbocycles. The van der Waals surface area contributed by atoms with E-state index in [0.29, 0.717) is 6.42 Å². The van der Waals surface area contributed by atoms with Crippen LogP contribution in [0.4, 0.5) is 5.69 Å². The molecule has 0 saturated carbocycles. The van der Waals surface area contributed by atoms with Gasteiger partial charge < -0.3 is 5.32 Å². The van der Waals surface area contributed by atoms with Gasteiger partial charge in [0.05, 0.1) is 29.5 Å². The van der Waals surface area contributed by atoms with Crippen molar-refractivity contribution in [1.82, 2.24) is 15.3 Å². The van der Waals surface area contributed by atoms with Gasteiger partial charge in [-0.2, -0.15) is 8.42 Å². The number of carbonyl (C=O) groups excluding carboxylic acids is 1. The van der Waals surface area contributed by atoms with Crippen LogP contribution in [-0.4, -0.2) is 28.8 Å². The summed E-state index contributed by atoms with van der Waals surface area (Å²) in [7, 11) is -4.34. The molecule has 0 spiro atoms. The Morgan fingerprint density at radius 1 is 1.16 bits per heavy atom. The van der Waals surface area contributed by atoms with E-state index in [1.54, 1.807) is 6.07 Å². The fraction of sp³-hybridized carbons (Fsp3) is 0.350. The van der Waals surface area contributed by atoms with Crippen LogP contribution in [-0.2, 0) is 40.8 Å². The number of carbonyl (C=O) groups is 1. The van der Waals surface area contributed by atoms with Gasteiger partial charge in [-0.15, -0.1) is 22.7 Å². The molecule has 3 N–H and O–H groups in total. The molecule has 0 fully saturated rings. The zero-order valence-electron chi connectivity index (χ0n) is 17.1. The zero-order chi connectivity index (χ0) is 22.4. The van der Waals surface area contributed by atoms with Crippen molar-refractivity contribution in [1.29, 1.82) is 0 Å². The number of hydrogen-bond acceptors (Lipinski definition) is 7. The fourth-order valence-electron chi connectivity index (χ4n) is 2.84. The van der Waals surface area contributed by atoms with E-state index in [-0.39, 0.29) is 24.1 Å². The Labute approximate surface area is 189 Å². The third-order valence-electron chi connectivity index (χ3n) is 4.39. The number of nitrogens with one attached hydrogen (secondary N) is 2. The number of thiazole rings is 2. The highest BCUT2D eigenvalue weighted by atomic mass is 32.2. The number of amides is 1. The van der Waals surface area contributed by atoms with Gasteiger partial charge in [0.25, 0.3) is 0 Å². The molecule has 1 amide bonds. The maximum Gasteiger partial charge on any atom is 0.357 e. The standard InChI is InChI=1S/C20H23N4O4S3/c1-3-14-11-29-19(21-14)10-18(25)23-17(20-22-15(4-2)12-30-20)9-13-5-7-16(8-6-13)24-31(26,27)28/h5,7-8,11-12,17,24H,3-4,9-10H2,1-2H3,(H,23,25)(H,26,27,28). The molecule has 3 rings (SSSR count). The second-order valence-electron chi connectivity index (χ2n) is 6.80. The van der Waals surface area contributed by atoms with E-state index in [9.17, 15) is 13.2 Å². The highest BCUT2D eigenvalue weighted by Crippen LogP contribution is 2.24. The van der Waals surface area contributed by atoms with Crippen molar-refractivity contribution in [3.05, 3.63) is 62.0 Å². The Morgan fingerprint density at radius 3 is 2.45 bits per heavy atom. The molecule has 2 aromatic heterocycles. The summed E-state index contributed by atoms with van der Waals surface area (Å²) >= 11 is 2.97. The van der Waals surface area contributed by atoms with Gasteiger partial charge in [-0.05, 0) is 43.0 Å². The zero-order valence-corrected chi connectivity index (χ0v) is 19.5. The minimum atomic E-state index is -4.34. The molecule has 31 heavy (non-hydrogen) atoms. The molecule has 1 atom stereocenters. The topological polar surface area (TPSA) is 121 Å². The number of rotatable bonds is 10. The minimum Gasteiger partial charge on any atom is -0.346 e. The van der Waals surface area contributed by atoms with Gasteiger partial charge in [-0.25, -0.2) is 9.97 Å². The van der Waals surface area contributed by atoms with Crippen LogP contribution in [0.25, 0.3) is 0 Å². The molecule has 1 radical (unpaired) electrons. The van der Waals surface area contributed by atoms with Crippen LogP contribution in [0.1, 0.15) is 46.9 Å². The van der Waals surface area contributed by atoms with E-state index < -0.39 is 10.3 Å². The maximum atomic E-state index is 12.7. The molecule has 2 heterocycles. The summed E-state index contributed by atoms with van der Waals surface area (Å²) in [4.78, 5) is 21.8. The van der Waals surface area contributed by atoms with Crippen LogP contribution in [0, 0.1) is 6.07 Å². The van der Waals surface area contributed by atoms with Gasteiger partial charge >= 0.3 is 10.3 Å². The van der Waals surface area contributed by atoms with E-state index in [1.807, 2.05) is 29.3 Å². The molecule has 0 aliphatic rings. The summed E-state index contributed by atoms with van der Waals surface area (Å²) in [5.41, 5.74) is 2.90. The molecule has 11 heteroatoms. The normalized spacial score (nSPS) is 12.5. The lowest BCUT2D eigenvalue weighted by Gasteiger charge is -2.17. The predicted molar refractivity (Wildman–Crippen MR) is 122 cm³/mol. The molecule has 165 valence electrons. The summed E-state index contributed by atoms with van der Waals surface area (Å²) < 4.78 is 32.8. The largest absolute Gasteiger partial charge is 0.357 e. The van der Waals surface area contributed by atoms with Crippen LogP contribution in [0.5, 0.6) is 0 Å². The average Bonchev–Trinajstić information content (AvgIpc) is 3.37. The van der Waals surface area contributed by atoms with Crippen molar-refractivity contribution in [2.24, 2.45) is 0 Å². The van der Waals surface area contributed by atoms with Gasteiger partial charge in [-0.1, -0.05) is 19.9 Å². The summed E-state index contributed by atoms with van der Waals surface area (Å²) in [6.45, 7) is 4.05. The van der Waals surface area contributed by atoms with Crippen LogP contribution < -0.4 is 10.0 Å². The second-order valence-corrected chi connectivity index (χ2v) is 9.78. The van der Waals surface area contributed by atoms with Gasteiger partial charge in [0.15, 0.2) is 0 Å². The number of aromatic nitrogens is 2. The Morgan fingerprint density at radius 2 is 1.87 bits per heavy atom. The third-order valence-corrected chi connectivity index (χ3v) is 6.78. The van der Waals surface area contributed by atoms with Crippen molar-refractivity contribution in [2.45, 2.75) is 45.6 Å². The van der Waals surface area contributed by atoms with E-state index in [2.05, 4.69) is 21.4 Å². The third kappa shape index (κ3) is 7.10. The molecule has 8 nitrogen and oxygen atoms in total. The number of nitrogens with zero attached hydrogens (tertiary/aromatic N) is 2. The summed E-state index contributed by atoms with van der Waals surface area (Å²) in [6, 6.07) is 7.30. The quantitative estimate of drug-likeness (QED) is 0.383. The Kier molecular flexibility index (Phi) is 7.76. The summed E-state index contributed by atoms with van der Waals surface area (Å²) in [5, 5.41) is 8.56. The predicted octanol–water partition coefficient (Wildman–Crippen LogP) is 3.38. The monoisotopic (exact) mass is 479 g/mol. The molecular weight excluding hydrogens is 456 g/mol. The second kappa shape index (κ2) is 10.3. The smallest absolute Gasteiger partial charge is 0.346 e. The van der Waals surface area contributed by atoms with Gasteiger partial charge in [0.2, 0.25) is 5.91 Å². The van der Waals surface area contributed by atoms with E-state index in [0.717, 1.165) is 39.8 Å². The Balaban J connectivity index is 1.74. The maximum absolute atomic E-state index is 12.7. The van der Waals surface area contributed by atoms with E-state index >= 15 is 0 Å². The SMILES string of the molecule is CCc1csc(CC(=O)NC(Cc2[c]cc(NS(=O)(=O)O)cc2)c2nc(CC)cs2)n1. The van der Waals surface area contributed by atoms with Crippen molar-refractivity contribution in [3.8, 4) is 0 Å². The van der Waals surface area contributed by atoms with Crippen molar-refractivity contribution < 1.29 is 17.8 Å². The molecular formula is C20H23N4O4S3. The first-order chi connectivity index (χ1) is 14.8. The van der Waals surface area contributed by atoms with Crippen molar-refractivity contribution in [2.75, 3.05) is 4.72 Å². The number of benzene rings is 1. The van der Waals surface area contributed by atoms with Gasteiger partial charge in [0.1, 0.15) is 10.0 Å². The molecule has 0 bridgehead atoms. The Hall–Kier alpha value is -2.34. The first-order valence-corrected chi connectivity index (χ1v) is 12.9. The van der Waals surface area contributed by atoms with Gasteiger partial charge in [0, 0.05) is 10.8 Å². The Bertz CT molecular complexity index is 1120. The lowest BCUT2D eigenvalue weighted by atomic mass is 10.1. The average molecular weight is 480 g/mol. The molecule has 0 aliphatic heterocycles. The lowest BCUT2D eigenvalue weighted by molar-refractivity contribution is -0.121. The van der Waals surface area contributed by atoms with Crippen LogP contribution in [0.15, 0.2) is 29.0 Å². The first kappa shape index (κ1) is 23.3. The molecule has 1 unspecified atom stereocenters. The van der Waals surface area contributed by atoms with Crippen LogP contribution in [0.3, 0.4) is 0 Å². The summed E-state index contributed by atoms with van der Waals surface area (Å²) in [6.07, 6.45) is 2.27. The summed E-state index contributed by atoms with van der Waals surface area (Å²) in [5.74, 6) is -0.139. The molecule has 0 aliphatic carbocycles. The highest BCUT2D eigenvalue weighted by molar-refractivity contribution is 7.87. The highest BCUT2D eigenvalue weighted by Gasteiger charge is 2.20. The van der Waals surface area contributed by atoms with Crippen LogP contribution in [0.2, 0.25) is 0 Å². The van der Waals surface area contributed by atoms with Gasteiger partial charge in [-0.3, -0.25) is 14.1 Å². The number of aryl methyl sites for hydroxylation is 2. The molecule has 0 saturated heterocycles. The minimum absolute atomic E-state index is 0.139. The van der Waals surface area contributed by atoms with Crippen LogP contribution >= 0.6 is 22.7 Å². The van der Waals surface area contributed by atoms with Crippen molar-refractivity contribution in [3.63, 3.8) is 0 Å². The van der Waals surface area contributed by atoms with E-state index in [1.165, 1.54) is 34.8 Å².